The summed E-state index contributed by atoms with van der Waals surface area (Å²) in [7, 11) is 0. The van der Waals surface area contributed by atoms with Crippen LogP contribution in [0.5, 0.6) is 0 Å². The fourth-order valence-electron chi connectivity index (χ4n) is 1.71. The van der Waals surface area contributed by atoms with Crippen molar-refractivity contribution < 1.29 is 8.78 Å². The molecular formula is C14H17F2N. The van der Waals surface area contributed by atoms with Crippen molar-refractivity contribution in [3.63, 3.8) is 0 Å². The third-order valence-electron chi connectivity index (χ3n) is 2.57. The number of hydrogen-bond donors (Lipinski definition) is 0. The molecule has 92 valence electrons. The summed E-state index contributed by atoms with van der Waals surface area (Å²) in [5, 5.41) is 8.34. The van der Waals surface area contributed by atoms with Gasteiger partial charge in [-0.05, 0) is 17.9 Å². The molecule has 0 aliphatic carbocycles. The van der Waals surface area contributed by atoms with Gasteiger partial charge in [0.1, 0.15) is 0 Å². The molecule has 0 heterocycles. The Hall–Kier alpha value is -1.43. The summed E-state index contributed by atoms with van der Waals surface area (Å²) >= 11 is 0. The highest BCUT2D eigenvalue weighted by Crippen LogP contribution is 2.32. The zero-order valence-corrected chi connectivity index (χ0v) is 10.2. The van der Waals surface area contributed by atoms with Crippen LogP contribution in [0.15, 0.2) is 24.3 Å². The van der Waals surface area contributed by atoms with Gasteiger partial charge in [-0.25, -0.2) is 8.78 Å². The number of benzene rings is 1. The topological polar surface area (TPSA) is 23.8 Å². The number of halogens is 2. The molecule has 1 aromatic rings. The molecule has 0 amide bonds. The Kier molecular flexibility index (Phi) is 4.62. The van der Waals surface area contributed by atoms with E-state index in [1.54, 1.807) is 18.2 Å². The predicted molar refractivity (Wildman–Crippen MR) is 63.7 cm³/mol. The summed E-state index contributed by atoms with van der Waals surface area (Å²) < 4.78 is 27.2. The monoisotopic (exact) mass is 237 g/mol. The third kappa shape index (κ3) is 4.14. The van der Waals surface area contributed by atoms with E-state index in [-0.39, 0.29) is 12.0 Å². The summed E-state index contributed by atoms with van der Waals surface area (Å²) in [6.45, 7) is 4.19. The fourth-order valence-corrected chi connectivity index (χ4v) is 1.71. The average Bonchev–Trinajstić information content (AvgIpc) is 2.26. The van der Waals surface area contributed by atoms with Crippen LogP contribution < -0.4 is 0 Å². The number of alkyl halides is 2. The molecular weight excluding hydrogens is 220 g/mol. The number of nitriles is 1. The molecule has 0 fully saturated rings. The Bertz CT molecular complexity index is 388. The maximum Gasteiger partial charge on any atom is 0.274 e. The maximum absolute atomic E-state index is 13.6. The molecule has 0 unspecified atom stereocenters. The maximum atomic E-state index is 13.6. The number of rotatable bonds is 5. The molecule has 0 aliphatic heterocycles. The molecule has 0 aliphatic rings. The van der Waals surface area contributed by atoms with E-state index in [0.717, 1.165) is 12.0 Å². The lowest BCUT2D eigenvalue weighted by Crippen LogP contribution is -2.12. The lowest BCUT2D eigenvalue weighted by atomic mass is 9.98. The summed E-state index contributed by atoms with van der Waals surface area (Å²) in [6, 6.07) is 8.18. The molecule has 1 nitrogen and oxygen atoms in total. The van der Waals surface area contributed by atoms with Gasteiger partial charge in [-0.2, -0.15) is 5.26 Å². The van der Waals surface area contributed by atoms with Crippen molar-refractivity contribution in [2.24, 2.45) is 5.92 Å². The van der Waals surface area contributed by atoms with Gasteiger partial charge in [0.15, 0.2) is 0 Å². The molecule has 0 saturated carbocycles. The number of nitrogens with zero attached hydrogens (tertiary/aromatic N) is 1. The third-order valence-corrected chi connectivity index (χ3v) is 2.57. The second-order valence-electron chi connectivity index (χ2n) is 4.66. The van der Waals surface area contributed by atoms with Crippen molar-refractivity contribution in [3.8, 4) is 6.07 Å². The van der Waals surface area contributed by atoms with Crippen molar-refractivity contribution in [2.45, 2.75) is 39.0 Å². The van der Waals surface area contributed by atoms with E-state index < -0.39 is 12.3 Å². The number of hydrogen-bond acceptors (Lipinski definition) is 1. The minimum absolute atomic E-state index is 0.000237. The molecule has 1 aromatic carbocycles. The highest BCUT2D eigenvalue weighted by Gasteiger charge is 2.30. The lowest BCUT2D eigenvalue weighted by molar-refractivity contribution is -0.0119. The Labute approximate surface area is 101 Å². The van der Waals surface area contributed by atoms with Crippen LogP contribution in [0, 0.1) is 17.2 Å². The van der Waals surface area contributed by atoms with Crippen LogP contribution in [0.4, 0.5) is 8.78 Å². The van der Waals surface area contributed by atoms with Gasteiger partial charge < -0.3 is 0 Å². The molecule has 0 aromatic heterocycles. The smallest absolute Gasteiger partial charge is 0.201 e. The molecule has 0 saturated heterocycles. The SMILES string of the molecule is CC(C)Cc1ccc(C(F)(F)CCC#N)cc1. The van der Waals surface area contributed by atoms with E-state index in [9.17, 15) is 8.78 Å². The molecule has 0 N–H and O–H groups in total. The Morgan fingerprint density at radius 1 is 1.24 bits per heavy atom. The summed E-state index contributed by atoms with van der Waals surface area (Å²) in [5.41, 5.74) is 1.07. The first kappa shape index (κ1) is 13.6. The van der Waals surface area contributed by atoms with Gasteiger partial charge in [-0.3, -0.25) is 0 Å². The molecule has 0 spiro atoms. The zero-order valence-electron chi connectivity index (χ0n) is 10.2. The van der Waals surface area contributed by atoms with Crippen LogP contribution in [0.25, 0.3) is 0 Å². The first-order valence-corrected chi connectivity index (χ1v) is 5.80. The van der Waals surface area contributed by atoms with E-state index >= 15 is 0 Å². The van der Waals surface area contributed by atoms with Gasteiger partial charge in [-0.1, -0.05) is 38.1 Å². The molecule has 0 atom stereocenters. The highest BCUT2D eigenvalue weighted by atomic mass is 19.3. The fraction of sp³-hybridized carbons (Fsp3) is 0.500. The van der Waals surface area contributed by atoms with Gasteiger partial charge in [0.05, 0.1) is 6.07 Å². The minimum atomic E-state index is -2.90. The Balaban J connectivity index is 2.76. The van der Waals surface area contributed by atoms with E-state index in [4.69, 9.17) is 5.26 Å². The van der Waals surface area contributed by atoms with Crippen LogP contribution in [0.3, 0.4) is 0 Å². The first-order valence-electron chi connectivity index (χ1n) is 5.80. The second kappa shape index (κ2) is 5.77. The highest BCUT2D eigenvalue weighted by molar-refractivity contribution is 5.26. The quantitative estimate of drug-likeness (QED) is 0.749. The Morgan fingerprint density at radius 3 is 2.29 bits per heavy atom. The molecule has 17 heavy (non-hydrogen) atoms. The van der Waals surface area contributed by atoms with Crippen molar-refractivity contribution >= 4 is 0 Å². The van der Waals surface area contributed by atoms with Crippen LogP contribution in [0.2, 0.25) is 0 Å². The zero-order chi connectivity index (χ0) is 12.9. The van der Waals surface area contributed by atoms with Crippen molar-refractivity contribution in [1.29, 1.82) is 5.26 Å². The van der Waals surface area contributed by atoms with Gasteiger partial charge >= 0.3 is 0 Å². The summed E-state index contributed by atoms with van der Waals surface area (Å²) in [5.74, 6) is -2.38. The van der Waals surface area contributed by atoms with Gasteiger partial charge in [0.25, 0.3) is 5.92 Å². The summed E-state index contributed by atoms with van der Waals surface area (Å²) in [6.07, 6.45) is 0.359. The van der Waals surface area contributed by atoms with E-state index in [1.165, 1.54) is 12.1 Å². The molecule has 3 heteroatoms. The average molecular weight is 237 g/mol. The predicted octanol–water partition coefficient (Wildman–Crippen LogP) is 4.28. The van der Waals surface area contributed by atoms with E-state index in [1.807, 2.05) is 0 Å². The molecule has 1 rings (SSSR count). The van der Waals surface area contributed by atoms with Crippen molar-refractivity contribution in [2.75, 3.05) is 0 Å². The largest absolute Gasteiger partial charge is 0.274 e. The molecule has 0 bridgehead atoms. The Morgan fingerprint density at radius 2 is 1.82 bits per heavy atom. The van der Waals surface area contributed by atoms with Crippen molar-refractivity contribution in [3.05, 3.63) is 35.4 Å². The van der Waals surface area contributed by atoms with Crippen LogP contribution >= 0.6 is 0 Å². The molecule has 0 radical (unpaired) electrons. The second-order valence-corrected chi connectivity index (χ2v) is 4.66. The van der Waals surface area contributed by atoms with Crippen LogP contribution in [-0.2, 0) is 12.3 Å². The van der Waals surface area contributed by atoms with Gasteiger partial charge in [-0.15, -0.1) is 0 Å². The van der Waals surface area contributed by atoms with E-state index in [0.29, 0.717) is 5.92 Å². The van der Waals surface area contributed by atoms with Gasteiger partial charge in [0, 0.05) is 18.4 Å². The van der Waals surface area contributed by atoms with Gasteiger partial charge in [0.2, 0.25) is 0 Å². The standard InChI is InChI=1S/C14H17F2N/c1-11(2)10-12-4-6-13(7-5-12)14(15,16)8-3-9-17/h4-7,11H,3,8,10H2,1-2H3. The lowest BCUT2D eigenvalue weighted by Gasteiger charge is -2.15. The van der Waals surface area contributed by atoms with Crippen molar-refractivity contribution in [1.82, 2.24) is 0 Å². The van der Waals surface area contributed by atoms with Crippen LogP contribution in [-0.4, -0.2) is 0 Å². The first-order chi connectivity index (χ1) is 7.95. The van der Waals surface area contributed by atoms with E-state index in [2.05, 4.69) is 13.8 Å². The summed E-state index contributed by atoms with van der Waals surface area (Å²) in [4.78, 5) is 0. The normalized spacial score (nSPS) is 11.5. The van der Waals surface area contributed by atoms with Crippen LogP contribution in [0.1, 0.15) is 37.8 Å². The minimum Gasteiger partial charge on any atom is -0.201 e.